The van der Waals surface area contributed by atoms with Gasteiger partial charge in [0.05, 0.1) is 22.1 Å². The van der Waals surface area contributed by atoms with Crippen molar-refractivity contribution >= 4 is 21.6 Å². The van der Waals surface area contributed by atoms with Gasteiger partial charge in [0.15, 0.2) is 0 Å². The molecule has 1 atom stereocenters. The number of benzene rings is 1. The van der Waals surface area contributed by atoms with E-state index in [0.29, 0.717) is 4.47 Å². The minimum atomic E-state index is -1.01. The van der Waals surface area contributed by atoms with Crippen LogP contribution in [0.5, 0.6) is 5.75 Å². The number of hydrogen-bond donors (Lipinski definition) is 2. The van der Waals surface area contributed by atoms with Crippen LogP contribution in [0.25, 0.3) is 0 Å². The molecular weight excluding hydrogens is 282 g/mol. The molecule has 0 aliphatic rings. The Kier molecular flexibility index (Phi) is 4.66. The van der Waals surface area contributed by atoms with E-state index in [1.54, 1.807) is 0 Å². The van der Waals surface area contributed by atoms with Gasteiger partial charge in [-0.25, -0.2) is 0 Å². The lowest BCUT2D eigenvalue weighted by molar-refractivity contribution is -0.385. The number of nitro groups is 1. The Balaban J connectivity index is 2.78. The summed E-state index contributed by atoms with van der Waals surface area (Å²) in [6.45, 7) is -0.553. The summed E-state index contributed by atoms with van der Waals surface area (Å²) >= 11 is 3.16. The third kappa shape index (κ3) is 3.44. The molecule has 0 spiro atoms. The molecule has 0 amide bonds. The van der Waals surface area contributed by atoms with Crippen molar-refractivity contribution in [2.24, 2.45) is 0 Å². The summed E-state index contributed by atoms with van der Waals surface area (Å²) in [4.78, 5) is 9.96. The van der Waals surface area contributed by atoms with Gasteiger partial charge in [-0.1, -0.05) is 0 Å². The zero-order valence-corrected chi connectivity index (χ0v) is 9.75. The summed E-state index contributed by atoms with van der Waals surface area (Å²) in [5.41, 5.74) is -0.100. The number of nitrogens with zero attached hydrogens (tertiary/aromatic N) is 1. The highest BCUT2D eigenvalue weighted by Gasteiger charge is 2.11. The Bertz CT molecular complexity index is 384. The van der Waals surface area contributed by atoms with Gasteiger partial charge in [0.25, 0.3) is 5.69 Å². The van der Waals surface area contributed by atoms with E-state index in [2.05, 4.69) is 15.9 Å². The number of halogens is 1. The highest BCUT2D eigenvalue weighted by Crippen LogP contribution is 2.29. The predicted molar refractivity (Wildman–Crippen MR) is 59.4 cm³/mol. The van der Waals surface area contributed by atoms with Crippen molar-refractivity contribution < 1.29 is 19.9 Å². The van der Waals surface area contributed by atoms with Gasteiger partial charge in [-0.3, -0.25) is 10.1 Å². The van der Waals surface area contributed by atoms with E-state index >= 15 is 0 Å². The maximum Gasteiger partial charge on any atom is 0.273 e. The van der Waals surface area contributed by atoms with Crippen LogP contribution in [0.15, 0.2) is 22.7 Å². The fourth-order valence-electron chi connectivity index (χ4n) is 0.955. The minimum Gasteiger partial charge on any atom is -0.489 e. The number of aliphatic hydroxyl groups excluding tert-OH is 2. The number of non-ortho nitro benzene ring substituents is 1. The molecule has 1 aromatic rings. The Hall–Kier alpha value is -1.18. The van der Waals surface area contributed by atoms with Gasteiger partial charge in [-0.15, -0.1) is 0 Å². The average Bonchev–Trinajstić information content (AvgIpc) is 2.27. The van der Waals surface area contributed by atoms with Crippen LogP contribution in [0, 0.1) is 10.1 Å². The minimum absolute atomic E-state index is 0.100. The molecule has 0 fully saturated rings. The molecule has 0 bridgehead atoms. The van der Waals surface area contributed by atoms with Crippen molar-refractivity contribution in [1.29, 1.82) is 0 Å². The summed E-state index contributed by atoms with van der Waals surface area (Å²) in [5.74, 6) is 0.252. The molecule has 0 radical (unpaired) electrons. The van der Waals surface area contributed by atoms with E-state index in [1.165, 1.54) is 18.2 Å². The monoisotopic (exact) mass is 291 g/mol. The van der Waals surface area contributed by atoms with Crippen molar-refractivity contribution in [3.8, 4) is 5.75 Å². The summed E-state index contributed by atoms with van der Waals surface area (Å²) in [6, 6.07) is 4.06. The van der Waals surface area contributed by atoms with E-state index in [9.17, 15) is 10.1 Å². The molecule has 6 nitrogen and oxygen atoms in total. The zero-order chi connectivity index (χ0) is 12.1. The lowest BCUT2D eigenvalue weighted by atomic mass is 10.3. The van der Waals surface area contributed by atoms with E-state index in [-0.39, 0.29) is 18.0 Å². The number of aliphatic hydroxyl groups is 2. The van der Waals surface area contributed by atoms with Crippen LogP contribution < -0.4 is 4.74 Å². The van der Waals surface area contributed by atoms with Gasteiger partial charge < -0.3 is 14.9 Å². The standard InChI is InChI=1S/C9H10BrNO5/c10-8-2-1-6(11(14)15)3-9(8)16-5-7(13)4-12/h1-3,7,12-13H,4-5H2. The third-order valence-electron chi connectivity index (χ3n) is 1.77. The quantitative estimate of drug-likeness (QED) is 0.626. The third-order valence-corrected chi connectivity index (χ3v) is 2.42. The second kappa shape index (κ2) is 5.78. The first-order valence-electron chi connectivity index (χ1n) is 4.40. The van der Waals surface area contributed by atoms with Gasteiger partial charge >= 0.3 is 0 Å². The van der Waals surface area contributed by atoms with Gasteiger partial charge in [-0.2, -0.15) is 0 Å². The lowest BCUT2D eigenvalue weighted by Crippen LogP contribution is -2.21. The maximum atomic E-state index is 10.5. The normalized spacial score (nSPS) is 12.2. The van der Waals surface area contributed by atoms with Crippen LogP contribution in [-0.2, 0) is 0 Å². The summed E-state index contributed by atoms with van der Waals surface area (Å²) in [6.07, 6.45) is -1.01. The van der Waals surface area contributed by atoms with E-state index in [0.717, 1.165) is 0 Å². The van der Waals surface area contributed by atoms with Crippen molar-refractivity contribution in [3.63, 3.8) is 0 Å². The Morgan fingerprint density at radius 2 is 2.25 bits per heavy atom. The molecule has 0 heterocycles. The maximum absolute atomic E-state index is 10.5. The number of nitro benzene ring substituents is 1. The predicted octanol–water partition coefficient (Wildman–Crippen LogP) is 1.09. The van der Waals surface area contributed by atoms with E-state index < -0.39 is 17.6 Å². The summed E-state index contributed by atoms with van der Waals surface area (Å²) in [5, 5.41) is 28.1. The fraction of sp³-hybridized carbons (Fsp3) is 0.333. The lowest BCUT2D eigenvalue weighted by Gasteiger charge is -2.10. The van der Waals surface area contributed by atoms with Gasteiger partial charge in [0, 0.05) is 6.07 Å². The van der Waals surface area contributed by atoms with Crippen LogP contribution in [0.2, 0.25) is 0 Å². The number of ether oxygens (including phenoxy) is 1. The fourth-order valence-corrected chi connectivity index (χ4v) is 1.32. The first kappa shape index (κ1) is 12.9. The first-order chi connectivity index (χ1) is 7.54. The van der Waals surface area contributed by atoms with Crippen LogP contribution in [0.4, 0.5) is 5.69 Å². The van der Waals surface area contributed by atoms with Crippen LogP contribution >= 0.6 is 15.9 Å². The largest absolute Gasteiger partial charge is 0.489 e. The van der Waals surface area contributed by atoms with Crippen LogP contribution in [0.3, 0.4) is 0 Å². The van der Waals surface area contributed by atoms with Crippen LogP contribution in [-0.4, -0.2) is 34.5 Å². The summed E-state index contributed by atoms with van der Waals surface area (Å²) < 4.78 is 5.66. The Labute approximate surface area is 99.7 Å². The highest BCUT2D eigenvalue weighted by atomic mass is 79.9. The molecule has 16 heavy (non-hydrogen) atoms. The van der Waals surface area contributed by atoms with Crippen molar-refractivity contribution in [1.82, 2.24) is 0 Å². The average molecular weight is 292 g/mol. The Morgan fingerprint density at radius 3 is 2.81 bits per heavy atom. The van der Waals surface area contributed by atoms with Gasteiger partial charge in [-0.05, 0) is 22.0 Å². The second-order valence-electron chi connectivity index (χ2n) is 3.02. The molecule has 0 saturated carbocycles. The molecule has 7 heteroatoms. The molecule has 0 aliphatic carbocycles. The topological polar surface area (TPSA) is 92.8 Å². The molecular formula is C9H10BrNO5. The second-order valence-corrected chi connectivity index (χ2v) is 3.87. The molecule has 1 rings (SSSR count). The van der Waals surface area contributed by atoms with Crippen molar-refractivity contribution in [2.75, 3.05) is 13.2 Å². The van der Waals surface area contributed by atoms with Gasteiger partial charge in [0.2, 0.25) is 0 Å². The summed E-state index contributed by atoms with van der Waals surface area (Å²) in [7, 11) is 0. The Morgan fingerprint density at radius 1 is 1.56 bits per heavy atom. The SMILES string of the molecule is O=[N+]([O-])c1ccc(Br)c(OCC(O)CO)c1. The van der Waals surface area contributed by atoms with E-state index in [1.807, 2.05) is 0 Å². The van der Waals surface area contributed by atoms with Gasteiger partial charge in [0.1, 0.15) is 18.5 Å². The zero-order valence-electron chi connectivity index (χ0n) is 8.17. The molecule has 0 aliphatic heterocycles. The molecule has 1 aromatic carbocycles. The smallest absolute Gasteiger partial charge is 0.273 e. The molecule has 1 unspecified atom stereocenters. The van der Waals surface area contributed by atoms with E-state index in [4.69, 9.17) is 14.9 Å². The molecule has 0 saturated heterocycles. The van der Waals surface area contributed by atoms with Crippen molar-refractivity contribution in [2.45, 2.75) is 6.10 Å². The number of rotatable bonds is 5. The molecule has 0 aromatic heterocycles. The highest BCUT2D eigenvalue weighted by molar-refractivity contribution is 9.10. The molecule has 2 N–H and O–H groups in total. The number of hydrogen-bond acceptors (Lipinski definition) is 5. The van der Waals surface area contributed by atoms with Crippen LogP contribution in [0.1, 0.15) is 0 Å². The van der Waals surface area contributed by atoms with Crippen molar-refractivity contribution in [3.05, 3.63) is 32.8 Å². The first-order valence-corrected chi connectivity index (χ1v) is 5.19. The molecule has 88 valence electrons.